The van der Waals surface area contributed by atoms with E-state index in [1.807, 2.05) is 0 Å². The van der Waals surface area contributed by atoms with E-state index in [9.17, 15) is 34.8 Å². The molecule has 0 fully saturated rings. The fourth-order valence-electron chi connectivity index (χ4n) is 3.40. The third-order valence-corrected chi connectivity index (χ3v) is 7.77. The zero-order chi connectivity index (χ0) is 29.0. The topological polar surface area (TPSA) is 131 Å². The predicted octanol–water partition coefficient (Wildman–Crippen LogP) is 3.93. The van der Waals surface area contributed by atoms with Gasteiger partial charge in [0, 0.05) is 17.4 Å². The number of ether oxygens (including phenoxy) is 2. The lowest BCUT2D eigenvalue weighted by molar-refractivity contribution is -0.137. The lowest BCUT2D eigenvalue weighted by Crippen LogP contribution is -2.37. The van der Waals surface area contributed by atoms with Crippen LogP contribution in [0.1, 0.15) is 5.56 Å². The van der Waals surface area contributed by atoms with Gasteiger partial charge in [0.05, 0.1) is 36.6 Å². The number of alkyl halides is 3. The van der Waals surface area contributed by atoms with Gasteiger partial charge in [-0.15, -0.1) is 0 Å². The van der Waals surface area contributed by atoms with Crippen molar-refractivity contribution < 1.29 is 44.3 Å². The number of rotatable bonds is 10. The molecule has 3 aromatic rings. The molecule has 1 amide bonds. The third kappa shape index (κ3) is 7.54. The van der Waals surface area contributed by atoms with E-state index in [1.54, 1.807) is 0 Å². The number of benzene rings is 3. The molecule has 10 nitrogen and oxygen atoms in total. The fourth-order valence-corrected chi connectivity index (χ4v) is 5.30. The average molecular weight is 588 g/mol. The highest BCUT2D eigenvalue weighted by molar-refractivity contribution is 7.92. The van der Waals surface area contributed by atoms with Gasteiger partial charge in [0.1, 0.15) is 6.54 Å². The van der Waals surface area contributed by atoms with Gasteiger partial charge in [-0.1, -0.05) is 6.07 Å². The van der Waals surface area contributed by atoms with E-state index in [1.165, 1.54) is 50.6 Å². The maximum atomic E-state index is 12.9. The summed E-state index contributed by atoms with van der Waals surface area (Å²) in [5, 5.41) is 2.48. The Hall–Kier alpha value is -3.98. The lowest BCUT2D eigenvalue weighted by atomic mass is 10.2. The van der Waals surface area contributed by atoms with Gasteiger partial charge in [0.25, 0.3) is 10.0 Å². The molecule has 0 bridgehead atoms. The SMILES string of the molecule is COc1ccc(N(CC(=O)Nc2ccc(S(=O)(=O)Nc3cccc(C(F)(F)F)c3)cc2)S(C)(=O)=O)cc1OC. The lowest BCUT2D eigenvalue weighted by Gasteiger charge is -2.23. The van der Waals surface area contributed by atoms with Gasteiger partial charge in [0.2, 0.25) is 15.9 Å². The second-order valence-electron chi connectivity index (χ2n) is 8.07. The van der Waals surface area contributed by atoms with Crippen LogP contribution in [0, 0.1) is 0 Å². The van der Waals surface area contributed by atoms with E-state index in [0.29, 0.717) is 11.8 Å². The van der Waals surface area contributed by atoms with E-state index in [-0.39, 0.29) is 27.7 Å². The zero-order valence-electron chi connectivity index (χ0n) is 20.8. The van der Waals surface area contributed by atoms with Crippen molar-refractivity contribution in [3.8, 4) is 11.5 Å². The molecule has 3 rings (SSSR count). The largest absolute Gasteiger partial charge is 0.493 e. The van der Waals surface area contributed by atoms with Crippen LogP contribution in [0.3, 0.4) is 0 Å². The van der Waals surface area contributed by atoms with Crippen LogP contribution in [0.5, 0.6) is 11.5 Å². The number of halogens is 3. The van der Waals surface area contributed by atoms with Crippen molar-refractivity contribution in [2.75, 3.05) is 41.4 Å². The molecular weight excluding hydrogens is 563 g/mol. The zero-order valence-corrected chi connectivity index (χ0v) is 22.4. The molecule has 0 spiro atoms. The van der Waals surface area contributed by atoms with Crippen LogP contribution in [0.15, 0.2) is 71.6 Å². The molecule has 0 heterocycles. The molecule has 0 saturated heterocycles. The highest BCUT2D eigenvalue weighted by Crippen LogP contribution is 2.33. The van der Waals surface area contributed by atoms with Crippen molar-refractivity contribution in [1.82, 2.24) is 0 Å². The maximum absolute atomic E-state index is 12.9. The Morgan fingerprint density at radius 1 is 0.872 bits per heavy atom. The number of amides is 1. The number of carbonyl (C=O) groups excluding carboxylic acids is 1. The van der Waals surface area contributed by atoms with E-state index < -0.39 is 44.2 Å². The molecule has 0 aliphatic carbocycles. The number of hydrogen-bond acceptors (Lipinski definition) is 7. The molecule has 15 heteroatoms. The summed E-state index contributed by atoms with van der Waals surface area (Å²) in [6.45, 7) is -0.606. The summed E-state index contributed by atoms with van der Waals surface area (Å²) < 4.78 is 102. The summed E-state index contributed by atoms with van der Waals surface area (Å²) in [6.07, 6.45) is -3.72. The smallest absolute Gasteiger partial charge is 0.416 e. The summed E-state index contributed by atoms with van der Waals surface area (Å²) in [5.74, 6) is -0.121. The van der Waals surface area contributed by atoms with Gasteiger partial charge in [-0.3, -0.25) is 13.8 Å². The summed E-state index contributed by atoms with van der Waals surface area (Å²) in [5.41, 5.74) is -0.999. The molecule has 0 unspecified atom stereocenters. The first kappa shape index (κ1) is 29.6. The molecule has 0 saturated carbocycles. The van der Waals surface area contributed by atoms with E-state index in [4.69, 9.17) is 9.47 Å². The predicted molar refractivity (Wildman–Crippen MR) is 139 cm³/mol. The van der Waals surface area contributed by atoms with E-state index >= 15 is 0 Å². The summed E-state index contributed by atoms with van der Waals surface area (Å²) in [6, 6.07) is 12.8. The van der Waals surface area contributed by atoms with Crippen LogP contribution in [0.2, 0.25) is 0 Å². The van der Waals surface area contributed by atoms with Crippen LogP contribution in [0.4, 0.5) is 30.2 Å². The fraction of sp³-hybridized carbons (Fsp3) is 0.208. The number of anilines is 3. The van der Waals surface area contributed by atoms with Gasteiger partial charge in [-0.2, -0.15) is 13.2 Å². The highest BCUT2D eigenvalue weighted by atomic mass is 32.2. The molecule has 3 aromatic carbocycles. The Morgan fingerprint density at radius 3 is 2.08 bits per heavy atom. The van der Waals surface area contributed by atoms with Crippen molar-refractivity contribution in [1.29, 1.82) is 0 Å². The molecule has 2 N–H and O–H groups in total. The minimum atomic E-state index is -4.65. The first-order chi connectivity index (χ1) is 18.1. The molecule has 0 radical (unpaired) electrons. The van der Waals surface area contributed by atoms with Gasteiger partial charge in [0.15, 0.2) is 11.5 Å². The Kier molecular flexibility index (Phi) is 8.65. The van der Waals surface area contributed by atoms with E-state index in [0.717, 1.165) is 34.8 Å². The molecule has 0 aromatic heterocycles. The Bertz CT molecular complexity index is 1560. The maximum Gasteiger partial charge on any atom is 0.416 e. The van der Waals surface area contributed by atoms with Crippen molar-refractivity contribution in [3.05, 3.63) is 72.3 Å². The minimum absolute atomic E-state index is 0.146. The van der Waals surface area contributed by atoms with Gasteiger partial charge < -0.3 is 14.8 Å². The van der Waals surface area contributed by atoms with E-state index in [2.05, 4.69) is 10.0 Å². The normalized spacial score (nSPS) is 11.9. The number of sulfonamides is 2. The van der Waals surface area contributed by atoms with Crippen molar-refractivity contribution >= 4 is 43.0 Å². The van der Waals surface area contributed by atoms with Crippen molar-refractivity contribution in [3.63, 3.8) is 0 Å². The summed E-state index contributed by atoms with van der Waals surface area (Å²) in [4.78, 5) is 12.4. The minimum Gasteiger partial charge on any atom is -0.493 e. The second-order valence-corrected chi connectivity index (χ2v) is 11.7. The standard InChI is InChI=1S/C24H24F3N3O7S2/c1-36-21-12-9-19(14-22(21)37-2)30(38(3,32)33)15-23(31)28-17-7-10-20(11-8-17)39(34,35)29-18-6-4-5-16(13-18)24(25,26)27/h4-14,29H,15H2,1-3H3,(H,28,31). The van der Waals surface area contributed by atoms with Crippen LogP contribution < -0.4 is 23.8 Å². The number of hydrogen-bond donors (Lipinski definition) is 2. The molecule has 210 valence electrons. The number of carbonyl (C=O) groups is 1. The summed E-state index contributed by atoms with van der Waals surface area (Å²) in [7, 11) is -5.36. The Labute approximate surface area is 223 Å². The second kappa shape index (κ2) is 11.4. The average Bonchev–Trinajstić information content (AvgIpc) is 2.86. The Balaban J connectivity index is 1.74. The van der Waals surface area contributed by atoms with Crippen LogP contribution in [-0.4, -0.2) is 49.8 Å². The molecule has 0 atom stereocenters. The monoisotopic (exact) mass is 587 g/mol. The number of nitrogens with one attached hydrogen (secondary N) is 2. The Morgan fingerprint density at radius 2 is 1.51 bits per heavy atom. The first-order valence-electron chi connectivity index (χ1n) is 10.9. The van der Waals surface area contributed by atoms with Crippen LogP contribution >= 0.6 is 0 Å². The molecule has 0 aliphatic rings. The van der Waals surface area contributed by atoms with Crippen molar-refractivity contribution in [2.45, 2.75) is 11.1 Å². The number of nitrogens with zero attached hydrogens (tertiary/aromatic N) is 1. The number of methoxy groups -OCH3 is 2. The van der Waals surface area contributed by atoms with Gasteiger partial charge in [-0.05, 0) is 54.6 Å². The van der Waals surface area contributed by atoms with Crippen molar-refractivity contribution in [2.24, 2.45) is 0 Å². The molecule has 0 aliphatic heterocycles. The van der Waals surface area contributed by atoms with Crippen LogP contribution in [0.25, 0.3) is 0 Å². The molecular formula is C24H24F3N3O7S2. The highest BCUT2D eigenvalue weighted by Gasteiger charge is 2.31. The molecule has 39 heavy (non-hydrogen) atoms. The van der Waals surface area contributed by atoms with Gasteiger partial charge >= 0.3 is 6.18 Å². The first-order valence-corrected chi connectivity index (χ1v) is 14.3. The van der Waals surface area contributed by atoms with Crippen LogP contribution in [-0.2, 0) is 31.0 Å². The third-order valence-electron chi connectivity index (χ3n) is 5.23. The summed E-state index contributed by atoms with van der Waals surface area (Å²) >= 11 is 0. The van der Waals surface area contributed by atoms with Gasteiger partial charge in [-0.25, -0.2) is 16.8 Å². The quantitative estimate of drug-likeness (QED) is 0.368.